The highest BCUT2D eigenvalue weighted by molar-refractivity contribution is 4.74. The van der Waals surface area contributed by atoms with Gasteiger partial charge in [0.15, 0.2) is 0 Å². The molecule has 0 amide bonds. The average molecular weight is 142 g/mol. The molecule has 0 saturated carbocycles. The van der Waals surface area contributed by atoms with Crippen LogP contribution in [0.3, 0.4) is 0 Å². The summed E-state index contributed by atoms with van der Waals surface area (Å²) in [5.74, 6) is 0. The summed E-state index contributed by atoms with van der Waals surface area (Å²) in [5, 5.41) is 8.93. The first-order valence-corrected chi connectivity index (χ1v) is 3.94. The second kappa shape index (κ2) is 2.84. The van der Waals surface area contributed by atoms with Gasteiger partial charge in [0.05, 0.1) is 0 Å². The third-order valence-corrected chi connectivity index (χ3v) is 2.00. The molecule has 0 spiro atoms. The summed E-state index contributed by atoms with van der Waals surface area (Å²) in [6.07, 6.45) is 1.64. The minimum absolute atomic E-state index is 0.377. The number of nitrogens with one attached hydrogen (secondary N) is 3. The Balaban J connectivity index is 1.85. The molecule has 0 atom stereocenters. The summed E-state index contributed by atoms with van der Waals surface area (Å²) in [6.45, 7) is 4.45. The third-order valence-electron chi connectivity index (χ3n) is 2.00. The van der Waals surface area contributed by atoms with E-state index in [0.717, 1.165) is 26.2 Å². The van der Waals surface area contributed by atoms with Crippen LogP contribution in [0.25, 0.3) is 0 Å². The highest BCUT2D eigenvalue weighted by atomic mass is 15.6. The van der Waals surface area contributed by atoms with E-state index in [1.54, 1.807) is 0 Å². The van der Waals surface area contributed by atoms with E-state index in [-0.39, 0.29) is 0 Å². The molecule has 4 heteroatoms. The van der Waals surface area contributed by atoms with Gasteiger partial charge in [-0.1, -0.05) is 0 Å². The van der Waals surface area contributed by atoms with Crippen LogP contribution >= 0.6 is 0 Å². The Morgan fingerprint density at radius 2 is 1.90 bits per heavy atom. The number of rotatable bonds is 1. The summed E-state index contributed by atoms with van der Waals surface area (Å²) in [5.41, 5.74) is 3.31. The zero-order chi connectivity index (χ0) is 6.81. The maximum atomic E-state index is 3.35. The van der Waals surface area contributed by atoms with Gasteiger partial charge in [0.2, 0.25) is 0 Å². The SMILES string of the molecule is C1CNN(C2NCCN2)C1. The van der Waals surface area contributed by atoms with Crippen LogP contribution in [-0.4, -0.2) is 37.5 Å². The van der Waals surface area contributed by atoms with E-state index in [4.69, 9.17) is 0 Å². The van der Waals surface area contributed by atoms with Gasteiger partial charge in [-0.2, -0.15) is 0 Å². The molecule has 2 aliphatic heterocycles. The van der Waals surface area contributed by atoms with Gasteiger partial charge in [0.1, 0.15) is 6.29 Å². The fraction of sp³-hybridized carbons (Fsp3) is 1.00. The molecule has 58 valence electrons. The number of hydrazine groups is 1. The molecule has 2 aliphatic rings. The van der Waals surface area contributed by atoms with E-state index in [0.29, 0.717) is 6.29 Å². The Kier molecular flexibility index (Phi) is 1.86. The molecule has 0 radical (unpaired) electrons. The van der Waals surface area contributed by atoms with Crippen LogP contribution < -0.4 is 16.1 Å². The molecular weight excluding hydrogens is 128 g/mol. The minimum Gasteiger partial charge on any atom is -0.287 e. The Bertz CT molecular complexity index is 90.3. The molecule has 2 saturated heterocycles. The van der Waals surface area contributed by atoms with Crippen molar-refractivity contribution < 1.29 is 0 Å². The second-order valence-corrected chi connectivity index (χ2v) is 2.77. The molecular formula is C6H14N4. The number of hydrogen-bond donors (Lipinski definition) is 3. The first-order chi connectivity index (χ1) is 4.97. The quantitative estimate of drug-likeness (QED) is 0.424. The van der Waals surface area contributed by atoms with Crippen LogP contribution in [0.5, 0.6) is 0 Å². The number of hydrogen-bond acceptors (Lipinski definition) is 4. The minimum atomic E-state index is 0.377. The molecule has 0 aromatic rings. The standard InChI is InChI=1S/C6H14N4/c1-2-9-10(5-1)6-7-3-4-8-6/h6-9H,1-5H2. The lowest BCUT2D eigenvalue weighted by Crippen LogP contribution is -2.51. The topological polar surface area (TPSA) is 39.3 Å². The maximum Gasteiger partial charge on any atom is 0.127 e. The van der Waals surface area contributed by atoms with E-state index < -0.39 is 0 Å². The summed E-state index contributed by atoms with van der Waals surface area (Å²) in [7, 11) is 0. The van der Waals surface area contributed by atoms with Crippen molar-refractivity contribution in [1.29, 1.82) is 0 Å². The van der Waals surface area contributed by atoms with Gasteiger partial charge >= 0.3 is 0 Å². The van der Waals surface area contributed by atoms with Crippen molar-refractivity contribution in [2.24, 2.45) is 0 Å². The summed E-state index contributed by atoms with van der Waals surface area (Å²) in [6, 6.07) is 0. The molecule has 0 aromatic heterocycles. The molecule has 10 heavy (non-hydrogen) atoms. The highest BCUT2D eigenvalue weighted by Crippen LogP contribution is 2.00. The zero-order valence-corrected chi connectivity index (χ0v) is 6.06. The summed E-state index contributed by atoms with van der Waals surface area (Å²) >= 11 is 0. The van der Waals surface area contributed by atoms with Crippen LogP contribution in [0, 0.1) is 0 Å². The highest BCUT2D eigenvalue weighted by Gasteiger charge is 2.22. The van der Waals surface area contributed by atoms with Gasteiger partial charge < -0.3 is 0 Å². The molecule has 2 heterocycles. The van der Waals surface area contributed by atoms with Gasteiger partial charge in [-0.3, -0.25) is 16.1 Å². The van der Waals surface area contributed by atoms with Crippen molar-refractivity contribution in [2.45, 2.75) is 12.7 Å². The van der Waals surface area contributed by atoms with Crippen molar-refractivity contribution >= 4 is 0 Å². The van der Waals surface area contributed by atoms with E-state index in [2.05, 4.69) is 21.1 Å². The second-order valence-electron chi connectivity index (χ2n) is 2.77. The first kappa shape index (κ1) is 6.54. The predicted octanol–water partition coefficient (Wildman–Crippen LogP) is -1.33. The largest absolute Gasteiger partial charge is 0.287 e. The Morgan fingerprint density at radius 1 is 1.10 bits per heavy atom. The normalized spacial score (nSPS) is 30.0. The van der Waals surface area contributed by atoms with Crippen LogP contribution in [0.2, 0.25) is 0 Å². The number of nitrogens with zero attached hydrogens (tertiary/aromatic N) is 1. The van der Waals surface area contributed by atoms with E-state index in [1.165, 1.54) is 6.42 Å². The smallest absolute Gasteiger partial charge is 0.127 e. The van der Waals surface area contributed by atoms with Crippen molar-refractivity contribution in [2.75, 3.05) is 26.2 Å². The van der Waals surface area contributed by atoms with E-state index in [1.807, 2.05) is 0 Å². The zero-order valence-electron chi connectivity index (χ0n) is 6.06. The van der Waals surface area contributed by atoms with Crippen molar-refractivity contribution in [1.82, 2.24) is 21.1 Å². The van der Waals surface area contributed by atoms with Gasteiger partial charge in [0, 0.05) is 26.2 Å². The fourth-order valence-electron chi connectivity index (χ4n) is 1.48. The lowest BCUT2D eigenvalue weighted by Gasteiger charge is -2.22. The molecule has 3 N–H and O–H groups in total. The van der Waals surface area contributed by atoms with Crippen LogP contribution in [0.15, 0.2) is 0 Å². The monoisotopic (exact) mass is 142 g/mol. The van der Waals surface area contributed by atoms with Crippen LogP contribution in [0.1, 0.15) is 6.42 Å². The molecule has 0 aliphatic carbocycles. The van der Waals surface area contributed by atoms with E-state index in [9.17, 15) is 0 Å². The van der Waals surface area contributed by atoms with Crippen molar-refractivity contribution in [3.05, 3.63) is 0 Å². The third kappa shape index (κ3) is 1.15. The Hall–Kier alpha value is -0.160. The Labute approximate surface area is 60.9 Å². The Morgan fingerprint density at radius 3 is 2.50 bits per heavy atom. The molecule has 0 aromatic carbocycles. The summed E-state index contributed by atoms with van der Waals surface area (Å²) in [4.78, 5) is 0. The van der Waals surface area contributed by atoms with Gasteiger partial charge in [-0.25, -0.2) is 5.01 Å². The van der Waals surface area contributed by atoms with Crippen molar-refractivity contribution in [3.8, 4) is 0 Å². The first-order valence-electron chi connectivity index (χ1n) is 3.94. The van der Waals surface area contributed by atoms with Crippen LogP contribution in [0.4, 0.5) is 0 Å². The van der Waals surface area contributed by atoms with Crippen molar-refractivity contribution in [3.63, 3.8) is 0 Å². The predicted molar refractivity (Wildman–Crippen MR) is 39.1 cm³/mol. The molecule has 0 bridgehead atoms. The van der Waals surface area contributed by atoms with Gasteiger partial charge in [0.25, 0.3) is 0 Å². The summed E-state index contributed by atoms with van der Waals surface area (Å²) < 4.78 is 0. The maximum absolute atomic E-state index is 3.35. The van der Waals surface area contributed by atoms with Crippen LogP contribution in [-0.2, 0) is 0 Å². The van der Waals surface area contributed by atoms with Gasteiger partial charge in [-0.05, 0) is 6.42 Å². The molecule has 4 nitrogen and oxygen atoms in total. The van der Waals surface area contributed by atoms with E-state index >= 15 is 0 Å². The lowest BCUT2D eigenvalue weighted by atomic mass is 10.5. The molecule has 2 fully saturated rings. The lowest BCUT2D eigenvalue weighted by molar-refractivity contribution is 0.144. The van der Waals surface area contributed by atoms with Gasteiger partial charge in [-0.15, -0.1) is 0 Å². The molecule has 2 rings (SSSR count). The average Bonchev–Trinajstić information content (AvgIpc) is 2.59. The molecule has 0 unspecified atom stereocenters. The fourth-order valence-corrected chi connectivity index (χ4v) is 1.48.